The number of nitrogens with one attached hydrogen (secondary N) is 1. The maximum absolute atomic E-state index is 6.47. The highest BCUT2D eigenvalue weighted by molar-refractivity contribution is 4.98. The van der Waals surface area contributed by atoms with Crippen LogP contribution in [0.2, 0.25) is 0 Å². The second-order valence-electron chi connectivity index (χ2n) is 10.2. The topological polar surface area (TPSA) is 90.1 Å². The van der Waals surface area contributed by atoms with Crippen molar-refractivity contribution in [3.05, 3.63) is 0 Å². The molecule has 0 saturated heterocycles. The van der Waals surface area contributed by atoms with Gasteiger partial charge in [-0.1, -0.05) is 20.3 Å². The van der Waals surface area contributed by atoms with Gasteiger partial charge in [-0.2, -0.15) is 0 Å². The summed E-state index contributed by atoms with van der Waals surface area (Å²) in [5, 5.41) is 4.04. The summed E-state index contributed by atoms with van der Waals surface area (Å²) in [7, 11) is 0. The molecule has 7 atom stereocenters. The molecular weight excluding hydrogens is 308 g/mol. The van der Waals surface area contributed by atoms with Gasteiger partial charge in [0.25, 0.3) is 0 Å². The molecule has 4 heteroatoms. The Hall–Kier alpha value is -0.160. The molecule has 25 heavy (non-hydrogen) atoms. The molecule has 0 aromatic carbocycles. The number of hydrogen-bond donors (Lipinski definition) is 4. The first-order valence-electron chi connectivity index (χ1n) is 10.6. The van der Waals surface area contributed by atoms with Crippen LogP contribution in [0.15, 0.2) is 0 Å². The van der Waals surface area contributed by atoms with Crippen LogP contribution in [-0.2, 0) is 0 Å². The van der Waals surface area contributed by atoms with Gasteiger partial charge in [0.1, 0.15) is 0 Å². The summed E-state index contributed by atoms with van der Waals surface area (Å²) in [4.78, 5) is 0. The van der Waals surface area contributed by atoms with E-state index < -0.39 is 0 Å². The summed E-state index contributed by atoms with van der Waals surface area (Å²) in [6.45, 7) is 11.3. The average molecular weight is 353 g/mol. The molecule has 0 aliphatic heterocycles. The van der Waals surface area contributed by atoms with Crippen molar-refractivity contribution in [1.82, 2.24) is 5.32 Å². The number of rotatable bonds is 7. The van der Waals surface area contributed by atoms with Crippen molar-refractivity contribution in [3.8, 4) is 0 Å². The first kappa shape index (κ1) is 21.1. The fraction of sp³-hybridized carbons (Fsp3) is 1.00. The zero-order chi connectivity index (χ0) is 18.8. The summed E-state index contributed by atoms with van der Waals surface area (Å²) in [6, 6.07) is 1.21. The van der Waals surface area contributed by atoms with E-state index in [4.69, 9.17) is 17.2 Å². The fourth-order valence-electron chi connectivity index (χ4n) is 5.30. The lowest BCUT2D eigenvalue weighted by atomic mass is 9.75. The van der Waals surface area contributed by atoms with Crippen LogP contribution in [-0.4, -0.2) is 29.2 Å². The van der Waals surface area contributed by atoms with E-state index in [1.165, 1.54) is 32.1 Å². The lowest BCUT2D eigenvalue weighted by Crippen LogP contribution is -2.56. The van der Waals surface area contributed by atoms with Gasteiger partial charge in [-0.05, 0) is 83.5 Å². The van der Waals surface area contributed by atoms with Crippen molar-refractivity contribution in [2.75, 3.05) is 0 Å². The van der Waals surface area contributed by atoms with Gasteiger partial charge in [-0.3, -0.25) is 0 Å². The monoisotopic (exact) mass is 352 g/mol. The molecule has 2 aliphatic carbocycles. The third-order valence-electron chi connectivity index (χ3n) is 7.18. The van der Waals surface area contributed by atoms with Gasteiger partial charge in [0.05, 0.1) is 0 Å². The second kappa shape index (κ2) is 8.24. The molecular formula is C21H44N4. The Bertz CT molecular complexity index is 419. The summed E-state index contributed by atoms with van der Waals surface area (Å²) in [6.07, 6.45) is 9.47. The van der Waals surface area contributed by atoms with E-state index in [1.54, 1.807) is 0 Å². The molecule has 148 valence electrons. The standard InChI is InChI=1S/C21H44N4/c1-6-21(5,25-19-9-7-8-17(22)14(19)2)12-15-10-11-18(23)16(15)13-20(3,4)24/h14-19,25H,6-13,22-24H2,1-5H3. The molecule has 4 nitrogen and oxygen atoms in total. The van der Waals surface area contributed by atoms with Crippen molar-refractivity contribution in [1.29, 1.82) is 0 Å². The van der Waals surface area contributed by atoms with Crippen molar-refractivity contribution in [2.45, 2.75) is 115 Å². The molecule has 2 rings (SSSR count). The van der Waals surface area contributed by atoms with Gasteiger partial charge in [0, 0.05) is 29.2 Å². The van der Waals surface area contributed by atoms with Crippen molar-refractivity contribution >= 4 is 0 Å². The van der Waals surface area contributed by atoms with Gasteiger partial charge in [0.2, 0.25) is 0 Å². The summed E-state index contributed by atoms with van der Waals surface area (Å²) in [5.41, 5.74) is 19.2. The first-order chi connectivity index (χ1) is 11.5. The third kappa shape index (κ3) is 5.66. The first-order valence-corrected chi connectivity index (χ1v) is 10.6. The van der Waals surface area contributed by atoms with Crippen LogP contribution in [0.1, 0.15) is 86.0 Å². The number of hydrogen-bond acceptors (Lipinski definition) is 4. The predicted molar refractivity (Wildman–Crippen MR) is 108 cm³/mol. The summed E-state index contributed by atoms with van der Waals surface area (Å²) in [5.74, 6) is 1.80. The Balaban J connectivity index is 2.03. The summed E-state index contributed by atoms with van der Waals surface area (Å²) >= 11 is 0. The smallest absolute Gasteiger partial charge is 0.0156 e. The molecule has 7 N–H and O–H groups in total. The highest BCUT2D eigenvalue weighted by atomic mass is 15.0. The molecule has 2 fully saturated rings. The molecule has 2 saturated carbocycles. The number of nitrogens with two attached hydrogens (primary N) is 3. The maximum Gasteiger partial charge on any atom is 0.0156 e. The molecule has 0 spiro atoms. The Morgan fingerprint density at radius 2 is 1.64 bits per heavy atom. The van der Waals surface area contributed by atoms with E-state index in [1.807, 2.05) is 0 Å². The largest absolute Gasteiger partial charge is 0.327 e. The average Bonchev–Trinajstić information content (AvgIpc) is 2.83. The van der Waals surface area contributed by atoms with Crippen LogP contribution in [0, 0.1) is 17.8 Å². The quantitative estimate of drug-likeness (QED) is 0.566. The molecule has 0 bridgehead atoms. The van der Waals surface area contributed by atoms with Crippen LogP contribution in [0.5, 0.6) is 0 Å². The highest BCUT2D eigenvalue weighted by Crippen LogP contribution is 2.41. The van der Waals surface area contributed by atoms with Crippen LogP contribution < -0.4 is 22.5 Å². The molecule has 0 aromatic rings. The molecule has 7 unspecified atom stereocenters. The van der Waals surface area contributed by atoms with E-state index >= 15 is 0 Å². The van der Waals surface area contributed by atoms with Crippen molar-refractivity contribution in [3.63, 3.8) is 0 Å². The van der Waals surface area contributed by atoms with E-state index in [2.05, 4.69) is 39.9 Å². The lowest BCUT2D eigenvalue weighted by molar-refractivity contribution is 0.149. The second-order valence-corrected chi connectivity index (χ2v) is 10.2. The van der Waals surface area contributed by atoms with Gasteiger partial charge in [-0.15, -0.1) is 0 Å². The summed E-state index contributed by atoms with van der Waals surface area (Å²) < 4.78 is 0. The molecule has 0 amide bonds. The SMILES string of the molecule is CCC(C)(CC1CCC(N)C1CC(C)(C)N)NC1CCCC(N)C1C. The Morgan fingerprint density at radius 1 is 0.960 bits per heavy atom. The van der Waals surface area contributed by atoms with E-state index in [9.17, 15) is 0 Å². The van der Waals surface area contributed by atoms with Gasteiger partial charge >= 0.3 is 0 Å². The maximum atomic E-state index is 6.47. The molecule has 2 aliphatic rings. The van der Waals surface area contributed by atoms with E-state index in [-0.39, 0.29) is 11.1 Å². The molecule has 0 aromatic heterocycles. The lowest BCUT2D eigenvalue weighted by Gasteiger charge is -2.43. The van der Waals surface area contributed by atoms with Gasteiger partial charge in [-0.25, -0.2) is 0 Å². The molecule has 0 heterocycles. The predicted octanol–water partition coefficient (Wildman–Crippen LogP) is 3.13. The van der Waals surface area contributed by atoms with Crippen LogP contribution in [0.4, 0.5) is 0 Å². The Labute approximate surface area is 156 Å². The van der Waals surface area contributed by atoms with Gasteiger partial charge in [0.15, 0.2) is 0 Å². The fourth-order valence-corrected chi connectivity index (χ4v) is 5.30. The minimum absolute atomic E-state index is 0.133. The molecule has 0 radical (unpaired) electrons. The van der Waals surface area contributed by atoms with Crippen molar-refractivity contribution < 1.29 is 0 Å². The Kier molecular flexibility index (Phi) is 6.97. The zero-order valence-corrected chi connectivity index (χ0v) is 17.4. The van der Waals surface area contributed by atoms with Crippen LogP contribution in [0.25, 0.3) is 0 Å². The minimum Gasteiger partial charge on any atom is -0.327 e. The van der Waals surface area contributed by atoms with E-state index in [0.29, 0.717) is 35.9 Å². The zero-order valence-electron chi connectivity index (χ0n) is 17.4. The van der Waals surface area contributed by atoms with Crippen molar-refractivity contribution in [2.24, 2.45) is 35.0 Å². The Morgan fingerprint density at radius 3 is 2.24 bits per heavy atom. The van der Waals surface area contributed by atoms with Gasteiger partial charge < -0.3 is 22.5 Å². The highest BCUT2D eigenvalue weighted by Gasteiger charge is 2.41. The van der Waals surface area contributed by atoms with Crippen LogP contribution in [0.3, 0.4) is 0 Å². The van der Waals surface area contributed by atoms with E-state index in [0.717, 1.165) is 19.3 Å². The normalized spacial score (nSPS) is 39.4. The third-order valence-corrected chi connectivity index (χ3v) is 7.18. The minimum atomic E-state index is -0.133. The van der Waals surface area contributed by atoms with Crippen LogP contribution >= 0.6 is 0 Å².